The second kappa shape index (κ2) is 4.29. The molecule has 0 N–H and O–H groups in total. The van der Waals surface area contributed by atoms with E-state index in [9.17, 15) is 0 Å². The van der Waals surface area contributed by atoms with Gasteiger partial charge < -0.3 is 0 Å². The molecule has 0 unspecified atom stereocenters. The van der Waals surface area contributed by atoms with Crippen LogP contribution in [0.2, 0.25) is 10.2 Å². The highest BCUT2D eigenvalue weighted by atomic mass is 79.9. The fourth-order valence-electron chi connectivity index (χ4n) is 0.691. The number of nitrogens with zero attached hydrogens (tertiary/aromatic N) is 1. The molecule has 0 saturated heterocycles. The number of aromatic nitrogens is 1. The third-order valence-corrected chi connectivity index (χ3v) is 2.30. The Morgan fingerprint density at radius 3 is 2.64 bits per heavy atom. The molecule has 0 aliphatic carbocycles. The molecule has 1 aromatic heterocycles. The van der Waals surface area contributed by atoms with Crippen molar-refractivity contribution < 1.29 is 0 Å². The van der Waals surface area contributed by atoms with E-state index in [0.717, 1.165) is 17.4 Å². The van der Waals surface area contributed by atoms with E-state index in [4.69, 9.17) is 23.2 Å². The molecule has 1 aromatic rings. The molecule has 0 aromatic carbocycles. The molecule has 1 heterocycles. The molecule has 0 saturated carbocycles. The molecular weight excluding hydrogens is 249 g/mol. The van der Waals surface area contributed by atoms with Gasteiger partial charge in [-0.3, -0.25) is 0 Å². The summed E-state index contributed by atoms with van der Waals surface area (Å²) in [5.41, 5.74) is 0.955. The summed E-state index contributed by atoms with van der Waals surface area (Å²) in [5.74, 6) is 0. The predicted octanol–water partition coefficient (Wildman–Crippen LogP) is 3.33. The lowest BCUT2D eigenvalue weighted by atomic mass is 10.3. The molecule has 0 amide bonds. The van der Waals surface area contributed by atoms with Crippen LogP contribution in [0.5, 0.6) is 0 Å². The maximum Gasteiger partial charge on any atom is 0.147 e. The number of alkyl halides is 1. The Morgan fingerprint density at radius 1 is 1.36 bits per heavy atom. The predicted molar refractivity (Wildman–Crippen MR) is 51.8 cm³/mol. The van der Waals surface area contributed by atoms with Gasteiger partial charge in [-0.15, -0.1) is 0 Å². The zero-order chi connectivity index (χ0) is 8.27. The van der Waals surface area contributed by atoms with Crippen LogP contribution < -0.4 is 0 Å². The van der Waals surface area contributed by atoms with Crippen LogP contribution in [0.25, 0.3) is 0 Å². The highest BCUT2D eigenvalue weighted by molar-refractivity contribution is 9.09. The average molecular weight is 255 g/mol. The van der Waals surface area contributed by atoms with E-state index in [1.165, 1.54) is 0 Å². The molecule has 0 radical (unpaired) electrons. The van der Waals surface area contributed by atoms with Crippen LogP contribution in [-0.4, -0.2) is 10.3 Å². The molecular formula is C7H6BrCl2N. The molecule has 0 bridgehead atoms. The van der Waals surface area contributed by atoms with E-state index >= 15 is 0 Å². The van der Waals surface area contributed by atoms with E-state index < -0.39 is 0 Å². The van der Waals surface area contributed by atoms with E-state index in [0.29, 0.717) is 10.2 Å². The van der Waals surface area contributed by atoms with Crippen molar-refractivity contribution in [3.63, 3.8) is 0 Å². The third-order valence-electron chi connectivity index (χ3n) is 1.21. The smallest absolute Gasteiger partial charge is 0.147 e. The molecule has 60 valence electrons. The first-order valence-corrected chi connectivity index (χ1v) is 4.98. The molecule has 0 aliphatic heterocycles. The summed E-state index contributed by atoms with van der Waals surface area (Å²) in [6.45, 7) is 0. The Labute approximate surface area is 83.9 Å². The summed E-state index contributed by atoms with van der Waals surface area (Å²) in [5, 5.41) is 1.77. The topological polar surface area (TPSA) is 12.9 Å². The molecule has 4 heteroatoms. The number of pyridine rings is 1. The van der Waals surface area contributed by atoms with Crippen LogP contribution in [0.4, 0.5) is 0 Å². The Hall–Kier alpha value is 0.210. The summed E-state index contributed by atoms with van der Waals surface area (Å²) in [6.07, 6.45) is 0.872. The van der Waals surface area contributed by atoms with Gasteiger partial charge in [-0.25, -0.2) is 4.98 Å². The molecule has 0 spiro atoms. The summed E-state index contributed by atoms with van der Waals surface area (Å²) in [4.78, 5) is 4.07. The Bertz CT molecular complexity index is 252. The minimum Gasteiger partial charge on any atom is -0.240 e. The van der Waals surface area contributed by atoms with E-state index in [1.54, 1.807) is 6.07 Å². The van der Waals surface area contributed by atoms with Crippen molar-refractivity contribution in [1.82, 2.24) is 4.98 Å². The van der Waals surface area contributed by atoms with Gasteiger partial charge in [0.05, 0.1) is 5.02 Å². The fourth-order valence-corrected chi connectivity index (χ4v) is 1.37. The highest BCUT2D eigenvalue weighted by Gasteiger charge is 1.99. The van der Waals surface area contributed by atoms with E-state index in [1.807, 2.05) is 6.07 Å². The first kappa shape index (κ1) is 9.30. The molecule has 0 atom stereocenters. The van der Waals surface area contributed by atoms with Gasteiger partial charge in [0.15, 0.2) is 0 Å². The second-order valence-electron chi connectivity index (χ2n) is 2.01. The van der Waals surface area contributed by atoms with Crippen LogP contribution in [0, 0.1) is 0 Å². The number of aryl methyl sites for hydroxylation is 1. The SMILES string of the molecule is Clc1ccc(CCBr)nc1Cl. The summed E-state index contributed by atoms with van der Waals surface area (Å²) < 4.78 is 0. The van der Waals surface area contributed by atoms with Crippen LogP contribution in [0.15, 0.2) is 12.1 Å². The molecule has 1 nitrogen and oxygen atoms in total. The first-order valence-electron chi connectivity index (χ1n) is 3.11. The largest absolute Gasteiger partial charge is 0.240 e. The van der Waals surface area contributed by atoms with Gasteiger partial charge in [0, 0.05) is 11.0 Å². The van der Waals surface area contributed by atoms with Crippen LogP contribution in [0.1, 0.15) is 5.69 Å². The summed E-state index contributed by atoms with van der Waals surface area (Å²) in [7, 11) is 0. The lowest BCUT2D eigenvalue weighted by molar-refractivity contribution is 1.05. The van der Waals surface area contributed by atoms with Crippen molar-refractivity contribution in [2.75, 3.05) is 5.33 Å². The minimum absolute atomic E-state index is 0.380. The number of rotatable bonds is 2. The number of hydrogen-bond acceptors (Lipinski definition) is 1. The molecule has 0 fully saturated rings. The monoisotopic (exact) mass is 253 g/mol. The first-order chi connectivity index (χ1) is 5.24. The van der Waals surface area contributed by atoms with E-state index in [-0.39, 0.29) is 0 Å². The van der Waals surface area contributed by atoms with Crippen molar-refractivity contribution >= 4 is 39.1 Å². The molecule has 0 aliphatic rings. The summed E-state index contributed by atoms with van der Waals surface area (Å²) >= 11 is 14.7. The van der Waals surface area contributed by atoms with Gasteiger partial charge in [-0.2, -0.15) is 0 Å². The van der Waals surface area contributed by atoms with Gasteiger partial charge in [0.2, 0.25) is 0 Å². The lowest BCUT2D eigenvalue weighted by Crippen LogP contribution is -1.90. The van der Waals surface area contributed by atoms with Crippen molar-refractivity contribution in [3.05, 3.63) is 28.0 Å². The average Bonchev–Trinajstić information content (AvgIpc) is 1.98. The van der Waals surface area contributed by atoms with Gasteiger partial charge in [-0.05, 0) is 18.6 Å². The highest BCUT2D eigenvalue weighted by Crippen LogP contribution is 2.19. The quantitative estimate of drug-likeness (QED) is 0.583. The lowest BCUT2D eigenvalue weighted by Gasteiger charge is -1.98. The van der Waals surface area contributed by atoms with Gasteiger partial charge in [0.25, 0.3) is 0 Å². The van der Waals surface area contributed by atoms with Crippen LogP contribution in [-0.2, 0) is 6.42 Å². The van der Waals surface area contributed by atoms with Crippen LogP contribution in [0.3, 0.4) is 0 Å². The maximum absolute atomic E-state index is 5.69. The van der Waals surface area contributed by atoms with Crippen LogP contribution >= 0.6 is 39.1 Å². The summed E-state index contributed by atoms with van der Waals surface area (Å²) in [6, 6.07) is 3.63. The number of hydrogen-bond donors (Lipinski definition) is 0. The zero-order valence-corrected chi connectivity index (χ0v) is 8.75. The normalized spacial score (nSPS) is 10.1. The van der Waals surface area contributed by atoms with Gasteiger partial charge in [-0.1, -0.05) is 39.1 Å². The Balaban J connectivity index is 2.86. The molecule has 1 rings (SSSR count). The Kier molecular flexibility index (Phi) is 3.63. The minimum atomic E-state index is 0.380. The van der Waals surface area contributed by atoms with Crippen molar-refractivity contribution in [2.45, 2.75) is 6.42 Å². The second-order valence-corrected chi connectivity index (χ2v) is 3.57. The van der Waals surface area contributed by atoms with E-state index in [2.05, 4.69) is 20.9 Å². The third kappa shape index (κ3) is 2.62. The standard InChI is InChI=1S/C7H6BrCl2N/c8-4-3-5-1-2-6(9)7(10)11-5/h1-2H,3-4H2. The zero-order valence-electron chi connectivity index (χ0n) is 5.65. The van der Waals surface area contributed by atoms with Crippen molar-refractivity contribution in [2.24, 2.45) is 0 Å². The maximum atomic E-state index is 5.69. The van der Waals surface area contributed by atoms with Gasteiger partial charge >= 0.3 is 0 Å². The molecule has 11 heavy (non-hydrogen) atoms. The van der Waals surface area contributed by atoms with Crippen molar-refractivity contribution in [3.8, 4) is 0 Å². The van der Waals surface area contributed by atoms with Crippen molar-refractivity contribution in [1.29, 1.82) is 0 Å². The van der Waals surface area contributed by atoms with Gasteiger partial charge in [0.1, 0.15) is 5.15 Å². The Morgan fingerprint density at radius 2 is 2.09 bits per heavy atom. The fraction of sp³-hybridized carbons (Fsp3) is 0.286. The number of halogens is 3.